The molecule has 1 saturated heterocycles. The van der Waals surface area contributed by atoms with E-state index in [0.29, 0.717) is 24.3 Å². The number of terminal acetylenes is 1. The lowest BCUT2D eigenvalue weighted by Gasteiger charge is -2.37. The van der Waals surface area contributed by atoms with Gasteiger partial charge in [-0.25, -0.2) is 9.37 Å². The summed E-state index contributed by atoms with van der Waals surface area (Å²) in [5, 5.41) is 8.04. The van der Waals surface area contributed by atoms with Crippen LogP contribution in [0, 0.1) is 18.2 Å². The van der Waals surface area contributed by atoms with Crippen LogP contribution in [0.1, 0.15) is 23.2 Å². The van der Waals surface area contributed by atoms with E-state index in [4.69, 9.17) is 21.6 Å². The number of carbonyl (C=O) groups is 1. The van der Waals surface area contributed by atoms with Crippen molar-refractivity contribution in [3.63, 3.8) is 0 Å². The highest BCUT2D eigenvalue weighted by Gasteiger charge is 2.35. The van der Waals surface area contributed by atoms with Crippen LogP contribution in [-0.4, -0.2) is 56.6 Å². The van der Waals surface area contributed by atoms with E-state index in [9.17, 15) is 9.18 Å². The maximum absolute atomic E-state index is 14.8. The number of ether oxygens (including phenoxy) is 2. The number of nitrogens with two attached hydrogens (primary N) is 1. The second-order valence-corrected chi connectivity index (χ2v) is 7.15. The molecule has 32 heavy (non-hydrogen) atoms. The van der Waals surface area contributed by atoms with Crippen molar-refractivity contribution in [2.75, 3.05) is 19.4 Å². The van der Waals surface area contributed by atoms with Crippen molar-refractivity contribution in [2.24, 2.45) is 0 Å². The number of amides is 1. The predicted molar refractivity (Wildman–Crippen MR) is 114 cm³/mol. The number of benzene rings is 1. The Kier molecular flexibility index (Phi) is 5.89. The molecule has 4 rings (SSSR count). The topological polar surface area (TPSA) is 108 Å². The van der Waals surface area contributed by atoms with Gasteiger partial charge in [-0.2, -0.15) is 15.0 Å². The molecule has 164 valence electrons. The smallest absolute Gasteiger partial charge is 0.260 e. The molecule has 2 unspecified atom stereocenters. The molecule has 1 aliphatic heterocycles. The highest BCUT2D eigenvalue weighted by molar-refractivity contribution is 5.98. The molecule has 0 radical (unpaired) electrons. The number of nitrogens with zero attached hydrogens (tertiary/aromatic N) is 5. The lowest BCUT2D eigenvalue weighted by molar-refractivity contribution is 0.0424. The van der Waals surface area contributed by atoms with Crippen LogP contribution in [-0.2, 0) is 0 Å². The second kappa shape index (κ2) is 8.93. The number of anilines is 1. The number of carbonyl (C=O) groups excluding carboxylic acids is 1. The van der Waals surface area contributed by atoms with Gasteiger partial charge in [-0.15, -0.1) is 6.42 Å². The van der Waals surface area contributed by atoms with Gasteiger partial charge in [0.25, 0.3) is 11.8 Å². The first kappa shape index (κ1) is 21.1. The van der Waals surface area contributed by atoms with E-state index in [2.05, 4.69) is 21.1 Å². The summed E-state index contributed by atoms with van der Waals surface area (Å²) in [7, 11) is 1.47. The van der Waals surface area contributed by atoms with Crippen LogP contribution < -0.4 is 15.2 Å². The second-order valence-electron chi connectivity index (χ2n) is 7.15. The van der Waals surface area contributed by atoms with Crippen molar-refractivity contribution in [2.45, 2.75) is 25.0 Å². The average Bonchev–Trinajstić information content (AvgIpc) is 3.33. The Bertz CT molecular complexity index is 1160. The predicted octanol–water partition coefficient (Wildman–Crippen LogP) is 2.08. The molecule has 3 aromatic rings. The van der Waals surface area contributed by atoms with Crippen LogP contribution in [0.2, 0.25) is 0 Å². The Hall–Kier alpha value is -4.13. The van der Waals surface area contributed by atoms with Crippen LogP contribution in [0.3, 0.4) is 0 Å². The molecule has 1 aromatic carbocycles. The zero-order valence-electron chi connectivity index (χ0n) is 17.3. The van der Waals surface area contributed by atoms with E-state index in [0.717, 1.165) is 0 Å². The maximum Gasteiger partial charge on any atom is 0.260 e. The Balaban J connectivity index is 1.64. The zero-order valence-corrected chi connectivity index (χ0v) is 17.3. The molecule has 1 amide bonds. The van der Waals surface area contributed by atoms with Crippen molar-refractivity contribution in [3.05, 3.63) is 54.2 Å². The summed E-state index contributed by atoms with van der Waals surface area (Å²) in [6, 6.07) is 5.35. The third-order valence-electron chi connectivity index (χ3n) is 5.22. The fourth-order valence-corrected chi connectivity index (χ4v) is 3.70. The van der Waals surface area contributed by atoms with Crippen molar-refractivity contribution >= 4 is 11.6 Å². The first-order chi connectivity index (χ1) is 15.5. The molecule has 1 fully saturated rings. The zero-order chi connectivity index (χ0) is 22.7. The quantitative estimate of drug-likeness (QED) is 0.610. The minimum absolute atomic E-state index is 0.133. The molecular weight excluding hydrogens is 415 g/mol. The molecule has 2 aromatic heterocycles. The van der Waals surface area contributed by atoms with Gasteiger partial charge in [-0.1, -0.05) is 12.0 Å². The van der Waals surface area contributed by atoms with Crippen molar-refractivity contribution in [1.29, 1.82) is 0 Å². The minimum atomic E-state index is -0.692. The average molecular weight is 436 g/mol. The van der Waals surface area contributed by atoms with Crippen molar-refractivity contribution in [3.8, 4) is 29.7 Å². The van der Waals surface area contributed by atoms with E-state index >= 15 is 0 Å². The van der Waals surface area contributed by atoms with Gasteiger partial charge >= 0.3 is 0 Å². The molecular formula is C22H21FN6O3. The Morgan fingerprint density at radius 3 is 2.75 bits per heavy atom. The van der Waals surface area contributed by atoms with Gasteiger partial charge < -0.3 is 20.1 Å². The van der Waals surface area contributed by atoms with Crippen molar-refractivity contribution < 1.29 is 18.7 Å². The van der Waals surface area contributed by atoms with Gasteiger partial charge in [-0.05, 0) is 31.0 Å². The fraction of sp³-hybridized carbons (Fsp3) is 0.273. The highest BCUT2D eigenvalue weighted by atomic mass is 19.1. The molecule has 2 atom stereocenters. The minimum Gasteiger partial charge on any atom is -0.490 e. The summed E-state index contributed by atoms with van der Waals surface area (Å²) in [6.07, 6.45) is 10.7. The lowest BCUT2D eigenvalue weighted by Crippen LogP contribution is -2.50. The van der Waals surface area contributed by atoms with Gasteiger partial charge in [-0.3, -0.25) is 4.79 Å². The molecule has 1 aliphatic rings. The van der Waals surface area contributed by atoms with Gasteiger partial charge in [0.15, 0.2) is 0 Å². The first-order valence-corrected chi connectivity index (χ1v) is 9.91. The SMILES string of the molecule is C#CC1CCC(Oc2nccc(N)c2OC)CN1C(=O)c1c(F)cccc1-n1nccn1. The number of pyridine rings is 1. The summed E-state index contributed by atoms with van der Waals surface area (Å²) in [6.45, 7) is 0.133. The van der Waals surface area contributed by atoms with E-state index in [1.165, 1.54) is 47.5 Å². The number of nitrogen functional groups attached to an aromatic ring is 1. The largest absolute Gasteiger partial charge is 0.490 e. The molecule has 2 N–H and O–H groups in total. The Labute approximate surface area is 183 Å². The van der Waals surface area contributed by atoms with Crippen LogP contribution >= 0.6 is 0 Å². The third kappa shape index (κ3) is 3.92. The van der Waals surface area contributed by atoms with E-state index in [1.807, 2.05) is 0 Å². The normalized spacial score (nSPS) is 18.1. The number of halogens is 1. The number of rotatable bonds is 5. The maximum atomic E-state index is 14.8. The van der Waals surface area contributed by atoms with E-state index in [-0.39, 0.29) is 23.7 Å². The summed E-state index contributed by atoms with van der Waals surface area (Å²) in [5.74, 6) is 1.89. The number of hydrogen-bond donors (Lipinski definition) is 1. The summed E-state index contributed by atoms with van der Waals surface area (Å²) >= 11 is 0. The van der Waals surface area contributed by atoms with Crippen molar-refractivity contribution in [1.82, 2.24) is 24.9 Å². The van der Waals surface area contributed by atoms with Gasteiger partial charge in [0, 0.05) is 6.20 Å². The fourth-order valence-electron chi connectivity index (χ4n) is 3.70. The highest BCUT2D eigenvalue weighted by Crippen LogP contribution is 2.33. The molecule has 3 heterocycles. The summed E-state index contributed by atoms with van der Waals surface area (Å²) < 4.78 is 26.1. The summed E-state index contributed by atoms with van der Waals surface area (Å²) in [4.78, 5) is 20.3. The number of likely N-dealkylation sites (tertiary alicyclic amines) is 1. The third-order valence-corrected chi connectivity index (χ3v) is 5.22. The summed E-state index contributed by atoms with van der Waals surface area (Å²) in [5.41, 5.74) is 6.36. The van der Waals surface area contributed by atoms with Crippen LogP contribution in [0.15, 0.2) is 42.9 Å². The monoisotopic (exact) mass is 436 g/mol. The first-order valence-electron chi connectivity index (χ1n) is 9.91. The Morgan fingerprint density at radius 1 is 1.25 bits per heavy atom. The molecule has 10 heteroatoms. The standard InChI is InChI=1S/C22H21FN6O3/c1-3-14-7-8-15(32-21-20(31-2)17(24)9-10-25-21)13-28(14)22(30)19-16(23)5-4-6-18(19)29-26-11-12-27-29/h1,4-6,9-12,14-15H,7-8,13H2,2H3,(H2,24,25). The molecule has 0 aliphatic carbocycles. The number of methoxy groups -OCH3 is 1. The van der Waals surface area contributed by atoms with Gasteiger partial charge in [0.1, 0.15) is 23.2 Å². The molecule has 0 bridgehead atoms. The lowest BCUT2D eigenvalue weighted by atomic mass is 9.98. The van der Waals surface area contributed by atoms with E-state index in [1.54, 1.807) is 12.1 Å². The van der Waals surface area contributed by atoms with Crippen LogP contribution in [0.4, 0.5) is 10.1 Å². The van der Waals surface area contributed by atoms with Crippen LogP contribution in [0.25, 0.3) is 5.69 Å². The number of piperidine rings is 1. The molecule has 0 spiro atoms. The Morgan fingerprint density at radius 2 is 2.03 bits per heavy atom. The van der Waals surface area contributed by atoms with Crippen LogP contribution in [0.5, 0.6) is 11.6 Å². The van der Waals surface area contributed by atoms with Gasteiger partial charge in [0.05, 0.1) is 37.8 Å². The molecule has 9 nitrogen and oxygen atoms in total. The van der Waals surface area contributed by atoms with E-state index < -0.39 is 23.9 Å². The number of hydrogen-bond acceptors (Lipinski definition) is 7. The van der Waals surface area contributed by atoms with Gasteiger partial charge in [0.2, 0.25) is 5.75 Å². The molecule has 0 saturated carbocycles. The number of aromatic nitrogens is 4.